The first-order valence-corrected chi connectivity index (χ1v) is 10.8. The number of halogens is 1. The molecule has 1 aliphatic heterocycles. The van der Waals surface area contributed by atoms with E-state index in [9.17, 15) is 9.18 Å². The van der Waals surface area contributed by atoms with Gasteiger partial charge in [-0.1, -0.05) is 30.3 Å². The highest BCUT2D eigenvalue weighted by molar-refractivity contribution is 6.03. The van der Waals surface area contributed by atoms with Crippen molar-refractivity contribution in [3.05, 3.63) is 77.9 Å². The van der Waals surface area contributed by atoms with Crippen LogP contribution >= 0.6 is 0 Å². The van der Waals surface area contributed by atoms with Gasteiger partial charge in [0.15, 0.2) is 0 Å². The molecular formula is C24H22FN7O. The number of rotatable bonds is 4. The van der Waals surface area contributed by atoms with Gasteiger partial charge in [0.05, 0.1) is 11.4 Å². The summed E-state index contributed by atoms with van der Waals surface area (Å²) in [5, 5.41) is 24.3. The van der Waals surface area contributed by atoms with E-state index in [0.717, 1.165) is 43.1 Å². The lowest BCUT2D eigenvalue weighted by atomic mass is 10.1. The van der Waals surface area contributed by atoms with Crippen molar-refractivity contribution in [2.45, 2.75) is 19.3 Å². The summed E-state index contributed by atoms with van der Waals surface area (Å²) >= 11 is 0. The average molecular weight is 443 g/mol. The lowest BCUT2D eigenvalue weighted by Gasteiger charge is -2.29. The highest BCUT2D eigenvalue weighted by atomic mass is 19.1. The quantitative estimate of drug-likeness (QED) is 0.367. The predicted molar refractivity (Wildman–Crippen MR) is 123 cm³/mol. The van der Waals surface area contributed by atoms with Crippen LogP contribution in [-0.4, -0.2) is 49.9 Å². The fraction of sp³-hybridized carbons (Fsp3) is 0.208. The van der Waals surface area contributed by atoms with Crippen LogP contribution in [0.15, 0.2) is 60.7 Å². The molecule has 2 N–H and O–H groups in total. The Morgan fingerprint density at radius 2 is 1.76 bits per heavy atom. The average Bonchev–Trinajstić information content (AvgIpc) is 3.35. The van der Waals surface area contributed by atoms with Crippen LogP contribution in [0.4, 0.5) is 10.1 Å². The van der Waals surface area contributed by atoms with E-state index < -0.39 is 11.7 Å². The number of hydrogen-bond donors (Lipinski definition) is 2. The molecule has 0 spiro atoms. The second-order valence-electron chi connectivity index (χ2n) is 7.99. The van der Waals surface area contributed by atoms with Gasteiger partial charge in [0.2, 0.25) is 5.82 Å². The monoisotopic (exact) mass is 443 g/mol. The Bertz CT molecular complexity index is 1340. The fourth-order valence-corrected chi connectivity index (χ4v) is 4.05. The highest BCUT2D eigenvalue weighted by Crippen LogP contribution is 2.21. The topological polar surface area (TPSA) is 99.8 Å². The molecule has 0 bridgehead atoms. The summed E-state index contributed by atoms with van der Waals surface area (Å²) in [6, 6.07) is 17.8. The molecule has 0 aliphatic carbocycles. The van der Waals surface area contributed by atoms with Gasteiger partial charge in [0.25, 0.3) is 5.91 Å². The zero-order valence-electron chi connectivity index (χ0n) is 17.8. The predicted octanol–water partition coefficient (Wildman–Crippen LogP) is 4.02. The van der Waals surface area contributed by atoms with Gasteiger partial charge in [-0.05, 0) is 70.8 Å². The molecule has 3 aromatic carbocycles. The van der Waals surface area contributed by atoms with Crippen LogP contribution in [0, 0.1) is 11.2 Å². The number of fused-ring (bicyclic) bond motifs is 1. The van der Waals surface area contributed by atoms with Crippen molar-refractivity contribution in [3.63, 3.8) is 0 Å². The van der Waals surface area contributed by atoms with Crippen LogP contribution in [0.2, 0.25) is 0 Å². The Morgan fingerprint density at radius 1 is 0.970 bits per heavy atom. The van der Waals surface area contributed by atoms with Gasteiger partial charge >= 0.3 is 0 Å². The molecule has 1 aromatic heterocycles. The molecule has 9 heteroatoms. The van der Waals surface area contributed by atoms with E-state index in [4.69, 9.17) is 5.41 Å². The smallest absolute Gasteiger partial charge is 0.295 e. The van der Waals surface area contributed by atoms with Gasteiger partial charge < -0.3 is 10.2 Å². The van der Waals surface area contributed by atoms with Crippen molar-refractivity contribution >= 4 is 28.2 Å². The second-order valence-corrected chi connectivity index (χ2v) is 7.99. The van der Waals surface area contributed by atoms with Crippen LogP contribution in [-0.2, 0) is 0 Å². The highest BCUT2D eigenvalue weighted by Gasteiger charge is 2.20. The lowest BCUT2D eigenvalue weighted by Crippen LogP contribution is -2.35. The third-order valence-electron chi connectivity index (χ3n) is 5.81. The third-order valence-corrected chi connectivity index (χ3v) is 5.81. The number of amidine groups is 1. The summed E-state index contributed by atoms with van der Waals surface area (Å²) in [7, 11) is 0. The van der Waals surface area contributed by atoms with E-state index in [1.54, 1.807) is 6.07 Å². The van der Waals surface area contributed by atoms with Gasteiger partial charge in [0, 0.05) is 18.7 Å². The number of aromatic nitrogens is 4. The van der Waals surface area contributed by atoms with E-state index >= 15 is 0 Å². The van der Waals surface area contributed by atoms with Crippen LogP contribution in [0.1, 0.15) is 35.4 Å². The standard InChI is InChI=1S/C24H22FN7O/c25-20-15-18(22(26)31-12-4-1-5-13-31)9-11-21(20)27-24(33)23-28-29-30-32(23)19-10-8-16-6-2-3-7-17(16)14-19/h2-3,6-11,14-15,26H,1,4-5,12-13H2,(H,27,33). The molecule has 33 heavy (non-hydrogen) atoms. The molecule has 5 rings (SSSR count). The molecule has 2 heterocycles. The summed E-state index contributed by atoms with van der Waals surface area (Å²) < 4.78 is 16.1. The number of likely N-dealkylation sites (tertiary alicyclic amines) is 1. The van der Waals surface area contributed by atoms with Gasteiger partial charge in [-0.25, -0.2) is 4.39 Å². The Labute approximate surface area is 189 Å². The summed E-state index contributed by atoms with van der Waals surface area (Å²) in [6.45, 7) is 1.60. The van der Waals surface area contributed by atoms with Crippen molar-refractivity contribution < 1.29 is 9.18 Å². The van der Waals surface area contributed by atoms with Crippen molar-refractivity contribution in [1.82, 2.24) is 25.1 Å². The number of benzene rings is 3. The molecule has 1 fully saturated rings. The molecular weight excluding hydrogens is 421 g/mol. The van der Waals surface area contributed by atoms with Crippen LogP contribution in [0.25, 0.3) is 16.5 Å². The second kappa shape index (κ2) is 8.78. The molecule has 0 unspecified atom stereocenters. The maximum Gasteiger partial charge on any atom is 0.295 e. The van der Waals surface area contributed by atoms with E-state index in [-0.39, 0.29) is 11.5 Å². The Morgan fingerprint density at radius 3 is 2.55 bits per heavy atom. The first-order chi connectivity index (χ1) is 16.1. The van der Waals surface area contributed by atoms with Crippen LogP contribution in [0.5, 0.6) is 0 Å². The SMILES string of the molecule is N=C(c1ccc(NC(=O)c2nnnn2-c2ccc3ccccc3c2)c(F)c1)N1CCCCC1. The number of tetrazole rings is 1. The number of nitrogens with one attached hydrogen (secondary N) is 2. The summed E-state index contributed by atoms with van der Waals surface area (Å²) in [4.78, 5) is 14.8. The number of nitrogens with zero attached hydrogens (tertiary/aromatic N) is 5. The van der Waals surface area contributed by atoms with Crippen LogP contribution < -0.4 is 5.32 Å². The molecule has 0 atom stereocenters. The number of piperidine rings is 1. The van der Waals surface area contributed by atoms with Gasteiger partial charge in [-0.3, -0.25) is 10.2 Å². The van der Waals surface area contributed by atoms with Gasteiger partial charge in [-0.2, -0.15) is 4.68 Å². The van der Waals surface area contributed by atoms with Crippen molar-refractivity contribution in [2.75, 3.05) is 18.4 Å². The minimum atomic E-state index is -0.633. The Balaban J connectivity index is 1.36. The minimum absolute atomic E-state index is 0.00301. The van der Waals surface area contributed by atoms with E-state index in [2.05, 4.69) is 20.8 Å². The third kappa shape index (κ3) is 4.17. The maximum absolute atomic E-state index is 14.8. The van der Waals surface area contributed by atoms with Crippen molar-refractivity contribution in [2.24, 2.45) is 0 Å². The van der Waals surface area contributed by atoms with Gasteiger partial charge in [-0.15, -0.1) is 5.10 Å². The zero-order valence-corrected chi connectivity index (χ0v) is 17.8. The van der Waals surface area contributed by atoms with Crippen LogP contribution in [0.3, 0.4) is 0 Å². The molecule has 8 nitrogen and oxygen atoms in total. The van der Waals surface area contributed by atoms with Crippen molar-refractivity contribution in [1.29, 1.82) is 5.41 Å². The Kier molecular flexibility index (Phi) is 5.52. The molecule has 1 aliphatic rings. The number of carbonyl (C=O) groups is 1. The number of carbonyl (C=O) groups excluding carboxylic acids is 1. The number of anilines is 1. The summed E-state index contributed by atoms with van der Waals surface area (Å²) in [6.07, 6.45) is 3.22. The molecule has 0 radical (unpaired) electrons. The molecule has 0 saturated carbocycles. The fourth-order valence-electron chi connectivity index (χ4n) is 4.05. The Hall–Kier alpha value is -4.14. The van der Waals surface area contributed by atoms with E-state index in [0.29, 0.717) is 17.1 Å². The molecule has 1 saturated heterocycles. The molecule has 166 valence electrons. The minimum Gasteiger partial charge on any atom is -0.357 e. The molecule has 4 aromatic rings. The first kappa shape index (κ1) is 20.7. The zero-order chi connectivity index (χ0) is 22.8. The van der Waals surface area contributed by atoms with Gasteiger partial charge in [0.1, 0.15) is 11.7 Å². The van der Waals surface area contributed by atoms with E-state index in [1.807, 2.05) is 47.4 Å². The summed E-state index contributed by atoms with van der Waals surface area (Å²) in [5.74, 6) is -1.01. The number of hydrogen-bond acceptors (Lipinski definition) is 5. The number of amides is 1. The largest absolute Gasteiger partial charge is 0.357 e. The lowest BCUT2D eigenvalue weighted by molar-refractivity contribution is 0.101. The van der Waals surface area contributed by atoms with Crippen molar-refractivity contribution in [3.8, 4) is 5.69 Å². The van der Waals surface area contributed by atoms with E-state index in [1.165, 1.54) is 16.8 Å². The maximum atomic E-state index is 14.8. The first-order valence-electron chi connectivity index (χ1n) is 10.8. The molecule has 1 amide bonds. The normalized spacial score (nSPS) is 13.8. The summed E-state index contributed by atoms with van der Waals surface area (Å²) in [5.41, 5.74) is 1.10.